The third kappa shape index (κ3) is 5.97. The SMILES string of the molecule is CCCCCCC(C)OCc1ccc(F)cc1C(N)=S. The maximum Gasteiger partial charge on any atom is 0.123 e. The number of thiocarbonyl (C=S) groups is 1. The summed E-state index contributed by atoms with van der Waals surface area (Å²) in [6.45, 7) is 4.68. The van der Waals surface area contributed by atoms with Crippen molar-refractivity contribution in [3.8, 4) is 0 Å². The number of ether oxygens (including phenoxy) is 1. The summed E-state index contributed by atoms with van der Waals surface area (Å²) in [6, 6.07) is 4.47. The van der Waals surface area contributed by atoms with Crippen LogP contribution < -0.4 is 5.73 Å². The molecule has 0 amide bonds. The number of hydrogen-bond acceptors (Lipinski definition) is 2. The van der Waals surface area contributed by atoms with Crippen LogP contribution in [0.3, 0.4) is 0 Å². The first kappa shape index (κ1) is 17.1. The van der Waals surface area contributed by atoms with E-state index < -0.39 is 0 Å². The molecule has 0 saturated heterocycles. The zero-order chi connectivity index (χ0) is 15.0. The highest BCUT2D eigenvalue weighted by Gasteiger charge is 2.09. The van der Waals surface area contributed by atoms with Gasteiger partial charge in [-0.05, 0) is 31.0 Å². The van der Waals surface area contributed by atoms with E-state index in [2.05, 4.69) is 13.8 Å². The highest BCUT2D eigenvalue weighted by molar-refractivity contribution is 7.80. The van der Waals surface area contributed by atoms with Gasteiger partial charge in [-0.3, -0.25) is 0 Å². The van der Waals surface area contributed by atoms with Crippen molar-refractivity contribution in [2.24, 2.45) is 5.73 Å². The number of nitrogens with two attached hydrogens (primary N) is 1. The quantitative estimate of drug-likeness (QED) is 0.544. The Hall–Kier alpha value is -1.00. The molecule has 2 nitrogen and oxygen atoms in total. The molecule has 20 heavy (non-hydrogen) atoms. The molecule has 1 aromatic carbocycles. The molecule has 1 atom stereocenters. The second-order valence-corrected chi connectivity index (χ2v) is 5.58. The predicted octanol–water partition coefficient (Wildman–Crippen LogP) is 4.34. The highest BCUT2D eigenvalue weighted by Crippen LogP contribution is 2.15. The van der Waals surface area contributed by atoms with Gasteiger partial charge in [-0.1, -0.05) is 50.9 Å². The molecule has 0 spiro atoms. The molecule has 0 aliphatic rings. The fraction of sp³-hybridized carbons (Fsp3) is 0.562. The van der Waals surface area contributed by atoms with Gasteiger partial charge in [0.1, 0.15) is 10.8 Å². The summed E-state index contributed by atoms with van der Waals surface area (Å²) in [5.41, 5.74) is 7.03. The molecule has 2 N–H and O–H groups in total. The fourth-order valence-electron chi connectivity index (χ4n) is 2.08. The van der Waals surface area contributed by atoms with E-state index in [0.717, 1.165) is 12.0 Å². The zero-order valence-corrected chi connectivity index (χ0v) is 13.1. The molecule has 4 heteroatoms. The van der Waals surface area contributed by atoms with Crippen molar-refractivity contribution < 1.29 is 9.13 Å². The van der Waals surface area contributed by atoms with Gasteiger partial charge in [0.15, 0.2) is 0 Å². The van der Waals surface area contributed by atoms with Gasteiger partial charge in [0.2, 0.25) is 0 Å². The fourth-order valence-corrected chi connectivity index (χ4v) is 2.27. The standard InChI is InChI=1S/C16H24FNOS/c1-3-4-5-6-7-12(2)19-11-13-8-9-14(17)10-15(13)16(18)20/h8-10,12H,3-7,11H2,1-2H3,(H2,18,20). The first-order valence-corrected chi connectivity index (χ1v) is 7.65. The lowest BCUT2D eigenvalue weighted by Gasteiger charge is -2.15. The highest BCUT2D eigenvalue weighted by atomic mass is 32.1. The average molecular weight is 297 g/mol. The molecular formula is C16H24FNOS. The van der Waals surface area contributed by atoms with Crippen molar-refractivity contribution in [2.75, 3.05) is 0 Å². The van der Waals surface area contributed by atoms with Gasteiger partial charge in [-0.15, -0.1) is 0 Å². The molecule has 0 radical (unpaired) electrons. The van der Waals surface area contributed by atoms with Crippen molar-refractivity contribution in [1.82, 2.24) is 0 Å². The third-order valence-corrected chi connectivity index (χ3v) is 3.54. The van der Waals surface area contributed by atoms with Gasteiger partial charge in [0.05, 0.1) is 12.7 Å². The van der Waals surface area contributed by atoms with Crippen LogP contribution in [0.1, 0.15) is 57.1 Å². The van der Waals surface area contributed by atoms with E-state index in [-0.39, 0.29) is 16.9 Å². The monoisotopic (exact) mass is 297 g/mol. The normalized spacial score (nSPS) is 12.3. The molecule has 0 bridgehead atoms. The number of rotatable bonds is 9. The summed E-state index contributed by atoms with van der Waals surface area (Å²) in [5.74, 6) is -0.329. The number of hydrogen-bond donors (Lipinski definition) is 1. The molecule has 1 aromatic rings. The maximum absolute atomic E-state index is 13.2. The van der Waals surface area contributed by atoms with E-state index >= 15 is 0 Å². The van der Waals surface area contributed by atoms with Crippen LogP contribution in [0.2, 0.25) is 0 Å². The maximum atomic E-state index is 13.2. The van der Waals surface area contributed by atoms with Crippen LogP contribution in [0.15, 0.2) is 18.2 Å². The number of unbranched alkanes of at least 4 members (excludes halogenated alkanes) is 3. The van der Waals surface area contributed by atoms with Gasteiger partial charge < -0.3 is 10.5 Å². The van der Waals surface area contributed by atoms with Crippen molar-refractivity contribution in [3.63, 3.8) is 0 Å². The lowest BCUT2D eigenvalue weighted by Crippen LogP contribution is -2.15. The summed E-state index contributed by atoms with van der Waals surface area (Å²) >= 11 is 4.94. The van der Waals surface area contributed by atoms with E-state index in [4.69, 9.17) is 22.7 Å². The lowest BCUT2D eigenvalue weighted by molar-refractivity contribution is 0.0458. The van der Waals surface area contributed by atoms with E-state index in [1.807, 2.05) is 0 Å². The molecule has 0 aromatic heterocycles. The van der Waals surface area contributed by atoms with Gasteiger partial charge in [0, 0.05) is 5.56 Å². The van der Waals surface area contributed by atoms with Gasteiger partial charge in [-0.25, -0.2) is 4.39 Å². The second kappa shape index (κ2) is 9.03. The Bertz CT molecular complexity index is 436. The zero-order valence-electron chi connectivity index (χ0n) is 12.3. The minimum Gasteiger partial charge on any atom is -0.389 e. The van der Waals surface area contributed by atoms with Gasteiger partial charge in [0.25, 0.3) is 0 Å². The van der Waals surface area contributed by atoms with Crippen molar-refractivity contribution in [2.45, 2.75) is 58.7 Å². The Morgan fingerprint density at radius 2 is 2.10 bits per heavy atom. The summed E-state index contributed by atoms with van der Waals surface area (Å²) in [6.07, 6.45) is 6.18. The number of benzene rings is 1. The van der Waals surface area contributed by atoms with Crippen LogP contribution in [0.4, 0.5) is 4.39 Å². The number of halogens is 1. The predicted molar refractivity (Wildman–Crippen MR) is 85.3 cm³/mol. The van der Waals surface area contributed by atoms with Crippen LogP contribution in [-0.4, -0.2) is 11.1 Å². The van der Waals surface area contributed by atoms with Crippen molar-refractivity contribution >= 4 is 17.2 Å². The van der Waals surface area contributed by atoms with E-state index in [1.54, 1.807) is 6.07 Å². The largest absolute Gasteiger partial charge is 0.389 e. The molecule has 112 valence electrons. The Balaban J connectivity index is 2.46. The summed E-state index contributed by atoms with van der Waals surface area (Å²) in [4.78, 5) is 0.207. The Kier molecular flexibility index (Phi) is 7.70. The van der Waals surface area contributed by atoms with Crippen LogP contribution in [0, 0.1) is 5.82 Å². The van der Waals surface area contributed by atoms with Crippen molar-refractivity contribution in [1.29, 1.82) is 0 Å². The molecule has 0 saturated carbocycles. The minimum absolute atomic E-state index is 0.191. The third-order valence-electron chi connectivity index (χ3n) is 3.32. The summed E-state index contributed by atoms with van der Waals surface area (Å²) < 4.78 is 19.0. The van der Waals surface area contributed by atoms with E-state index in [0.29, 0.717) is 12.2 Å². The molecule has 1 rings (SSSR count). The Morgan fingerprint density at radius 3 is 2.75 bits per heavy atom. The van der Waals surface area contributed by atoms with Crippen LogP contribution >= 0.6 is 12.2 Å². The van der Waals surface area contributed by atoms with Gasteiger partial charge >= 0.3 is 0 Å². The first-order valence-electron chi connectivity index (χ1n) is 7.24. The molecule has 1 unspecified atom stereocenters. The van der Waals surface area contributed by atoms with Crippen LogP contribution in [0.5, 0.6) is 0 Å². The topological polar surface area (TPSA) is 35.2 Å². The smallest absolute Gasteiger partial charge is 0.123 e. The Morgan fingerprint density at radius 1 is 1.35 bits per heavy atom. The minimum atomic E-state index is -0.329. The van der Waals surface area contributed by atoms with Crippen LogP contribution in [-0.2, 0) is 11.3 Å². The first-order chi connectivity index (χ1) is 9.54. The van der Waals surface area contributed by atoms with Crippen molar-refractivity contribution in [3.05, 3.63) is 35.1 Å². The molecular weight excluding hydrogens is 273 g/mol. The van der Waals surface area contributed by atoms with E-state index in [1.165, 1.54) is 37.8 Å². The Labute approximate surface area is 126 Å². The van der Waals surface area contributed by atoms with Crippen LogP contribution in [0.25, 0.3) is 0 Å². The van der Waals surface area contributed by atoms with E-state index in [9.17, 15) is 4.39 Å². The second-order valence-electron chi connectivity index (χ2n) is 5.14. The molecule has 0 aliphatic heterocycles. The molecule has 0 heterocycles. The summed E-state index contributed by atoms with van der Waals surface area (Å²) in [5, 5.41) is 0. The summed E-state index contributed by atoms with van der Waals surface area (Å²) in [7, 11) is 0. The average Bonchev–Trinajstić information content (AvgIpc) is 2.42. The molecule has 0 fully saturated rings. The van der Waals surface area contributed by atoms with Gasteiger partial charge in [-0.2, -0.15) is 0 Å². The molecule has 0 aliphatic carbocycles. The lowest BCUT2D eigenvalue weighted by atomic mass is 10.1.